The van der Waals surface area contributed by atoms with Crippen molar-refractivity contribution in [3.8, 4) is 0 Å². The van der Waals surface area contributed by atoms with Crippen LogP contribution in [0.2, 0.25) is 0 Å². The third-order valence-corrected chi connectivity index (χ3v) is 3.21. The number of aromatic nitrogens is 2. The molecule has 0 N–H and O–H groups in total. The van der Waals surface area contributed by atoms with Crippen molar-refractivity contribution in [3.05, 3.63) is 47.6 Å². The zero-order valence-electron chi connectivity index (χ0n) is 11.0. The summed E-state index contributed by atoms with van der Waals surface area (Å²) in [6.45, 7) is 3.90. The minimum Gasteiger partial charge on any atom is -0.379 e. The summed E-state index contributed by atoms with van der Waals surface area (Å²) in [5, 5.41) is 8.06. The van der Waals surface area contributed by atoms with E-state index in [1.54, 1.807) is 0 Å². The van der Waals surface area contributed by atoms with Gasteiger partial charge in [-0.15, -0.1) is 0 Å². The van der Waals surface area contributed by atoms with Crippen LogP contribution in [0, 0.1) is 0 Å². The summed E-state index contributed by atoms with van der Waals surface area (Å²) >= 11 is 0. The standard InChI is InChI=1S/C14H15N3O2/c1-3-12-15-13(18-17-12)14(2)9-11(16-19-14)10-7-5-4-6-8-10/h4-8H,3,9H2,1-2H3. The van der Waals surface area contributed by atoms with Crippen LogP contribution in [0.5, 0.6) is 0 Å². The fourth-order valence-corrected chi connectivity index (χ4v) is 2.05. The van der Waals surface area contributed by atoms with Crippen molar-refractivity contribution in [2.24, 2.45) is 5.16 Å². The summed E-state index contributed by atoms with van der Waals surface area (Å²) in [5.74, 6) is 1.17. The van der Waals surface area contributed by atoms with Crippen molar-refractivity contribution in [3.63, 3.8) is 0 Å². The van der Waals surface area contributed by atoms with Crippen LogP contribution in [0.25, 0.3) is 0 Å². The van der Waals surface area contributed by atoms with Crippen molar-refractivity contribution < 1.29 is 9.36 Å². The molecule has 0 radical (unpaired) electrons. The van der Waals surface area contributed by atoms with Crippen LogP contribution in [-0.2, 0) is 16.9 Å². The Balaban J connectivity index is 1.83. The first-order valence-corrected chi connectivity index (χ1v) is 6.35. The predicted octanol–water partition coefficient (Wildman–Crippen LogP) is 2.67. The zero-order chi connectivity index (χ0) is 13.3. The average molecular weight is 257 g/mol. The average Bonchev–Trinajstić information content (AvgIpc) is 3.07. The van der Waals surface area contributed by atoms with E-state index in [0.29, 0.717) is 18.1 Å². The van der Waals surface area contributed by atoms with Gasteiger partial charge < -0.3 is 9.36 Å². The third kappa shape index (κ3) is 2.12. The molecule has 1 unspecified atom stereocenters. The maximum absolute atomic E-state index is 5.54. The van der Waals surface area contributed by atoms with E-state index in [1.807, 2.05) is 44.2 Å². The topological polar surface area (TPSA) is 60.5 Å². The number of benzene rings is 1. The Labute approximate surface area is 111 Å². The van der Waals surface area contributed by atoms with E-state index in [2.05, 4.69) is 15.3 Å². The van der Waals surface area contributed by atoms with Crippen molar-refractivity contribution >= 4 is 5.71 Å². The van der Waals surface area contributed by atoms with E-state index >= 15 is 0 Å². The molecule has 1 atom stereocenters. The van der Waals surface area contributed by atoms with Gasteiger partial charge in [-0.3, -0.25) is 0 Å². The Kier molecular flexibility index (Phi) is 2.81. The first kappa shape index (κ1) is 11.9. The third-order valence-electron chi connectivity index (χ3n) is 3.21. The van der Waals surface area contributed by atoms with Gasteiger partial charge in [0.15, 0.2) is 5.82 Å². The molecular formula is C14H15N3O2. The lowest BCUT2D eigenvalue weighted by Gasteiger charge is -2.15. The molecule has 0 bridgehead atoms. The molecule has 1 aromatic heterocycles. The highest BCUT2D eigenvalue weighted by Gasteiger charge is 2.41. The first-order chi connectivity index (χ1) is 9.21. The molecule has 0 fully saturated rings. The smallest absolute Gasteiger partial charge is 0.273 e. The number of hydrogen-bond donors (Lipinski definition) is 0. The van der Waals surface area contributed by atoms with Gasteiger partial charge in [0.25, 0.3) is 5.89 Å². The van der Waals surface area contributed by atoms with Gasteiger partial charge in [0.1, 0.15) is 0 Å². The molecule has 5 heteroatoms. The maximum atomic E-state index is 5.54. The Morgan fingerprint density at radius 2 is 2.05 bits per heavy atom. The van der Waals surface area contributed by atoms with Crippen LogP contribution in [0.1, 0.15) is 37.5 Å². The van der Waals surface area contributed by atoms with E-state index < -0.39 is 5.60 Å². The van der Waals surface area contributed by atoms with Crippen LogP contribution < -0.4 is 0 Å². The van der Waals surface area contributed by atoms with Gasteiger partial charge in [0.05, 0.1) is 5.71 Å². The van der Waals surface area contributed by atoms with Crippen molar-refractivity contribution in [2.45, 2.75) is 32.3 Å². The highest BCUT2D eigenvalue weighted by Crippen LogP contribution is 2.34. The molecule has 5 nitrogen and oxygen atoms in total. The molecule has 1 aromatic carbocycles. The lowest BCUT2D eigenvalue weighted by Crippen LogP contribution is -2.22. The second-order valence-electron chi connectivity index (χ2n) is 4.77. The van der Waals surface area contributed by atoms with Gasteiger partial charge >= 0.3 is 0 Å². The minimum absolute atomic E-state index is 0.485. The van der Waals surface area contributed by atoms with E-state index in [9.17, 15) is 0 Å². The molecule has 0 saturated carbocycles. The predicted molar refractivity (Wildman–Crippen MR) is 69.7 cm³/mol. The van der Waals surface area contributed by atoms with Gasteiger partial charge in [-0.25, -0.2) is 0 Å². The van der Waals surface area contributed by atoms with Crippen LogP contribution in [0.4, 0.5) is 0 Å². The molecule has 0 amide bonds. The zero-order valence-corrected chi connectivity index (χ0v) is 11.0. The second-order valence-corrected chi connectivity index (χ2v) is 4.77. The summed E-state index contributed by atoms with van der Waals surface area (Å²) in [4.78, 5) is 9.88. The van der Waals surface area contributed by atoms with Crippen LogP contribution in [0.15, 0.2) is 40.0 Å². The van der Waals surface area contributed by atoms with Crippen LogP contribution in [0.3, 0.4) is 0 Å². The fraction of sp³-hybridized carbons (Fsp3) is 0.357. The van der Waals surface area contributed by atoms with Crippen LogP contribution in [-0.4, -0.2) is 15.9 Å². The highest BCUT2D eigenvalue weighted by molar-refractivity contribution is 6.01. The first-order valence-electron chi connectivity index (χ1n) is 6.35. The lowest BCUT2D eigenvalue weighted by atomic mass is 9.96. The van der Waals surface area contributed by atoms with Crippen molar-refractivity contribution in [2.75, 3.05) is 0 Å². The normalized spacial score (nSPS) is 22.1. The van der Waals surface area contributed by atoms with E-state index in [-0.39, 0.29) is 0 Å². The summed E-state index contributed by atoms with van der Waals surface area (Å²) in [6, 6.07) is 9.97. The maximum Gasteiger partial charge on any atom is 0.273 e. The SMILES string of the molecule is CCc1noc(C2(C)CC(c3ccccc3)=NO2)n1. The molecule has 0 aliphatic carbocycles. The van der Waals surface area contributed by atoms with Gasteiger partial charge in [-0.2, -0.15) is 4.98 Å². The summed E-state index contributed by atoms with van der Waals surface area (Å²) in [6.07, 6.45) is 1.37. The van der Waals surface area contributed by atoms with Gasteiger partial charge in [-0.05, 0) is 12.5 Å². The van der Waals surface area contributed by atoms with Gasteiger partial charge in [0.2, 0.25) is 5.60 Å². The molecule has 2 heterocycles. The molecule has 19 heavy (non-hydrogen) atoms. The second kappa shape index (κ2) is 4.50. The minimum atomic E-state index is -0.661. The van der Waals surface area contributed by atoms with Crippen LogP contribution >= 0.6 is 0 Å². The Bertz CT molecular complexity index is 606. The molecule has 1 aliphatic rings. The van der Waals surface area contributed by atoms with Crippen molar-refractivity contribution in [1.82, 2.24) is 10.1 Å². The van der Waals surface area contributed by atoms with Gasteiger partial charge in [-0.1, -0.05) is 47.6 Å². The highest BCUT2D eigenvalue weighted by atomic mass is 16.7. The largest absolute Gasteiger partial charge is 0.379 e. The molecule has 1 aliphatic heterocycles. The number of rotatable bonds is 3. The number of oxime groups is 1. The summed E-state index contributed by atoms with van der Waals surface area (Å²) < 4.78 is 5.27. The Morgan fingerprint density at radius 3 is 2.74 bits per heavy atom. The molecule has 3 rings (SSSR count). The Hall–Kier alpha value is -2.17. The van der Waals surface area contributed by atoms with Gasteiger partial charge in [0, 0.05) is 12.8 Å². The van der Waals surface area contributed by atoms with E-state index in [1.165, 1.54) is 0 Å². The Morgan fingerprint density at radius 1 is 1.26 bits per heavy atom. The molecule has 98 valence electrons. The summed E-state index contributed by atoms with van der Waals surface area (Å²) in [5.41, 5.74) is 1.30. The molecule has 2 aromatic rings. The van der Waals surface area contributed by atoms with E-state index in [4.69, 9.17) is 9.36 Å². The molecule has 0 spiro atoms. The summed E-state index contributed by atoms with van der Waals surface area (Å²) in [7, 11) is 0. The lowest BCUT2D eigenvalue weighted by molar-refractivity contribution is -0.0313. The number of hydrogen-bond acceptors (Lipinski definition) is 5. The van der Waals surface area contributed by atoms with E-state index in [0.717, 1.165) is 17.7 Å². The fourth-order valence-electron chi connectivity index (χ4n) is 2.05. The molecule has 0 saturated heterocycles. The monoisotopic (exact) mass is 257 g/mol. The number of aryl methyl sites for hydroxylation is 1. The molecular weight excluding hydrogens is 242 g/mol. The number of nitrogens with zero attached hydrogens (tertiary/aromatic N) is 3. The quantitative estimate of drug-likeness (QED) is 0.848. The van der Waals surface area contributed by atoms with Crippen molar-refractivity contribution in [1.29, 1.82) is 0 Å².